The molecule has 0 aliphatic carbocycles. The smallest absolute Gasteiger partial charge is 0.0113 e. The van der Waals surface area contributed by atoms with Crippen molar-refractivity contribution >= 4 is 0 Å². The highest BCUT2D eigenvalue weighted by Gasteiger charge is 2.21. The monoisotopic (exact) mass is 98.1 g/mol. The van der Waals surface area contributed by atoms with Gasteiger partial charge in [0.15, 0.2) is 0 Å². The summed E-state index contributed by atoms with van der Waals surface area (Å²) in [4.78, 5) is 2.36. The minimum Gasteiger partial charge on any atom is -0.298 e. The van der Waals surface area contributed by atoms with Crippen LogP contribution in [0.4, 0.5) is 0 Å². The lowest BCUT2D eigenvalue weighted by Crippen LogP contribution is -2.11. The Morgan fingerprint density at radius 2 is 2.29 bits per heavy atom. The first-order chi connectivity index (χ1) is 3.34. The third kappa shape index (κ3) is 1.16. The van der Waals surface area contributed by atoms with E-state index in [0.717, 1.165) is 0 Å². The van der Waals surface area contributed by atoms with Gasteiger partial charge in [-0.1, -0.05) is 6.92 Å². The van der Waals surface area contributed by atoms with Crippen LogP contribution in [-0.2, 0) is 0 Å². The molecule has 1 unspecified atom stereocenters. The highest BCUT2D eigenvalue weighted by Crippen LogP contribution is 2.11. The third-order valence-electron chi connectivity index (χ3n) is 1.47. The van der Waals surface area contributed by atoms with Crippen LogP contribution < -0.4 is 0 Å². The van der Waals surface area contributed by atoms with E-state index in [1.807, 2.05) is 0 Å². The van der Waals surface area contributed by atoms with Gasteiger partial charge in [0, 0.05) is 19.1 Å². The van der Waals surface area contributed by atoms with Crippen molar-refractivity contribution in [3.8, 4) is 0 Å². The molecule has 0 aromatic rings. The molecule has 1 radical (unpaired) electrons. The van der Waals surface area contributed by atoms with Gasteiger partial charge in [-0.2, -0.15) is 0 Å². The molecule has 0 saturated carbocycles. The van der Waals surface area contributed by atoms with E-state index >= 15 is 0 Å². The third-order valence-corrected chi connectivity index (χ3v) is 1.47. The van der Waals surface area contributed by atoms with Crippen molar-refractivity contribution in [3.05, 3.63) is 6.92 Å². The number of nitrogens with zero attached hydrogens (tertiary/aromatic N) is 1. The molecule has 1 saturated heterocycles. The second-order valence-corrected chi connectivity index (χ2v) is 2.10. The molecule has 1 fully saturated rings. The lowest BCUT2D eigenvalue weighted by atomic mass is 10.3. The SMILES string of the molecule is [CH2]C(CC)N1CC1. The maximum absolute atomic E-state index is 3.94. The van der Waals surface area contributed by atoms with Crippen molar-refractivity contribution in [3.63, 3.8) is 0 Å². The summed E-state index contributed by atoms with van der Waals surface area (Å²) in [6.07, 6.45) is 1.19. The average molecular weight is 98.2 g/mol. The minimum absolute atomic E-state index is 0.597. The Kier molecular flexibility index (Phi) is 1.33. The highest BCUT2D eigenvalue weighted by atomic mass is 15.3. The normalized spacial score (nSPS) is 24.9. The van der Waals surface area contributed by atoms with Gasteiger partial charge < -0.3 is 0 Å². The van der Waals surface area contributed by atoms with E-state index in [0.29, 0.717) is 6.04 Å². The predicted octanol–water partition coefficient (Wildman–Crippen LogP) is 0.915. The van der Waals surface area contributed by atoms with Gasteiger partial charge in [0.05, 0.1) is 0 Å². The molecular formula is C6H12N. The lowest BCUT2D eigenvalue weighted by Gasteiger charge is -2.05. The fourth-order valence-electron chi connectivity index (χ4n) is 0.681. The predicted molar refractivity (Wildman–Crippen MR) is 31.0 cm³/mol. The summed E-state index contributed by atoms with van der Waals surface area (Å²) in [6, 6.07) is 0.597. The van der Waals surface area contributed by atoms with Crippen LogP contribution in [-0.4, -0.2) is 24.0 Å². The maximum Gasteiger partial charge on any atom is 0.0113 e. The molecule has 1 nitrogen and oxygen atoms in total. The molecule has 1 aliphatic heterocycles. The summed E-state index contributed by atoms with van der Waals surface area (Å²) in [7, 11) is 0. The molecule has 1 aliphatic rings. The zero-order valence-electron chi connectivity index (χ0n) is 4.85. The van der Waals surface area contributed by atoms with Crippen molar-refractivity contribution in [1.82, 2.24) is 4.90 Å². The molecule has 0 aromatic carbocycles. The maximum atomic E-state index is 3.94. The molecule has 0 spiro atoms. The van der Waals surface area contributed by atoms with Gasteiger partial charge in [-0.15, -0.1) is 0 Å². The Hall–Kier alpha value is -0.0400. The lowest BCUT2D eigenvalue weighted by molar-refractivity contribution is 0.453. The summed E-state index contributed by atoms with van der Waals surface area (Å²) in [5, 5.41) is 0. The van der Waals surface area contributed by atoms with E-state index in [-0.39, 0.29) is 0 Å². The van der Waals surface area contributed by atoms with E-state index in [1.165, 1.54) is 19.5 Å². The van der Waals surface area contributed by atoms with Crippen LogP contribution in [0.3, 0.4) is 0 Å². The Labute approximate surface area is 45.3 Å². The van der Waals surface area contributed by atoms with Crippen LogP contribution in [0.25, 0.3) is 0 Å². The quantitative estimate of drug-likeness (QED) is 0.464. The number of rotatable bonds is 2. The molecule has 41 valence electrons. The highest BCUT2D eigenvalue weighted by molar-refractivity contribution is 4.82. The Morgan fingerprint density at radius 1 is 1.71 bits per heavy atom. The second kappa shape index (κ2) is 1.83. The molecule has 0 bridgehead atoms. The zero-order chi connectivity index (χ0) is 5.28. The van der Waals surface area contributed by atoms with Gasteiger partial charge in [0.1, 0.15) is 0 Å². The molecule has 1 heterocycles. The first-order valence-corrected chi connectivity index (χ1v) is 2.91. The summed E-state index contributed by atoms with van der Waals surface area (Å²) < 4.78 is 0. The summed E-state index contributed by atoms with van der Waals surface area (Å²) in [5.74, 6) is 0. The zero-order valence-corrected chi connectivity index (χ0v) is 4.85. The van der Waals surface area contributed by atoms with Gasteiger partial charge in [0.2, 0.25) is 0 Å². The molecule has 0 aromatic heterocycles. The molecule has 0 amide bonds. The van der Waals surface area contributed by atoms with Crippen LogP contribution in [0, 0.1) is 6.92 Å². The van der Waals surface area contributed by atoms with Crippen molar-refractivity contribution < 1.29 is 0 Å². The van der Waals surface area contributed by atoms with E-state index < -0.39 is 0 Å². The Bertz CT molecular complexity index is 57.2. The Morgan fingerprint density at radius 3 is 2.43 bits per heavy atom. The van der Waals surface area contributed by atoms with E-state index in [1.54, 1.807) is 0 Å². The van der Waals surface area contributed by atoms with Crippen LogP contribution >= 0.6 is 0 Å². The van der Waals surface area contributed by atoms with E-state index in [9.17, 15) is 0 Å². The van der Waals surface area contributed by atoms with Gasteiger partial charge >= 0.3 is 0 Å². The molecule has 1 rings (SSSR count). The number of hydrogen-bond donors (Lipinski definition) is 0. The van der Waals surface area contributed by atoms with Gasteiger partial charge in [0.25, 0.3) is 0 Å². The summed E-state index contributed by atoms with van der Waals surface area (Å²) in [6.45, 7) is 8.68. The van der Waals surface area contributed by atoms with Gasteiger partial charge in [-0.3, -0.25) is 4.90 Å². The molecule has 7 heavy (non-hydrogen) atoms. The van der Waals surface area contributed by atoms with Gasteiger partial charge in [-0.05, 0) is 13.3 Å². The largest absolute Gasteiger partial charge is 0.298 e. The molecule has 1 heteroatoms. The van der Waals surface area contributed by atoms with Crippen molar-refractivity contribution in [1.29, 1.82) is 0 Å². The van der Waals surface area contributed by atoms with E-state index in [2.05, 4.69) is 18.7 Å². The minimum atomic E-state index is 0.597. The van der Waals surface area contributed by atoms with Crippen molar-refractivity contribution in [2.75, 3.05) is 13.1 Å². The van der Waals surface area contributed by atoms with Crippen molar-refractivity contribution in [2.45, 2.75) is 19.4 Å². The van der Waals surface area contributed by atoms with E-state index in [4.69, 9.17) is 0 Å². The fraction of sp³-hybridized carbons (Fsp3) is 0.833. The van der Waals surface area contributed by atoms with Crippen molar-refractivity contribution in [2.24, 2.45) is 0 Å². The van der Waals surface area contributed by atoms with Crippen LogP contribution in [0.15, 0.2) is 0 Å². The second-order valence-electron chi connectivity index (χ2n) is 2.10. The topological polar surface area (TPSA) is 3.01 Å². The van der Waals surface area contributed by atoms with Crippen LogP contribution in [0.1, 0.15) is 13.3 Å². The standard InChI is InChI=1S/C6H12N/c1-3-6(2)7-4-5-7/h6H,2-5H2,1H3. The average Bonchev–Trinajstić information content (AvgIpc) is 2.44. The summed E-state index contributed by atoms with van der Waals surface area (Å²) >= 11 is 0. The molecule has 0 N–H and O–H groups in total. The summed E-state index contributed by atoms with van der Waals surface area (Å²) in [5.41, 5.74) is 0. The van der Waals surface area contributed by atoms with Gasteiger partial charge in [-0.25, -0.2) is 0 Å². The Balaban J connectivity index is 2.10. The fourth-order valence-corrected chi connectivity index (χ4v) is 0.681. The van der Waals surface area contributed by atoms with Crippen LogP contribution in [0.5, 0.6) is 0 Å². The first-order valence-electron chi connectivity index (χ1n) is 2.91. The first kappa shape index (κ1) is 5.10. The number of hydrogen-bond acceptors (Lipinski definition) is 1. The molecule has 1 atom stereocenters. The molecular weight excluding hydrogens is 86.1 g/mol. The van der Waals surface area contributed by atoms with Crippen LogP contribution in [0.2, 0.25) is 0 Å².